The lowest BCUT2D eigenvalue weighted by atomic mass is 9.87. The molecule has 0 spiro atoms. The predicted molar refractivity (Wildman–Crippen MR) is 163 cm³/mol. The molecule has 4 aromatic rings. The molecule has 44 heavy (non-hydrogen) atoms. The van der Waals surface area contributed by atoms with E-state index in [2.05, 4.69) is 36.9 Å². The van der Waals surface area contributed by atoms with E-state index in [1.165, 1.54) is 12.0 Å². The molecule has 228 valence electrons. The van der Waals surface area contributed by atoms with Gasteiger partial charge < -0.3 is 23.8 Å². The third kappa shape index (κ3) is 5.50. The van der Waals surface area contributed by atoms with Crippen LogP contribution in [0.2, 0.25) is 0 Å². The Hall–Kier alpha value is -4.44. The molecule has 2 bridgehead atoms. The molecule has 2 unspecified atom stereocenters. The molecule has 4 aromatic heterocycles. The lowest BCUT2D eigenvalue weighted by Gasteiger charge is -2.56. The second-order valence-electron chi connectivity index (χ2n) is 11.4. The second kappa shape index (κ2) is 12.3. The number of ether oxygens (including phenoxy) is 4. The van der Waals surface area contributed by atoms with Crippen molar-refractivity contribution in [2.75, 3.05) is 71.7 Å². The topological polar surface area (TPSA) is 114 Å². The Bertz CT molecular complexity index is 1650. The maximum absolute atomic E-state index is 9.82. The van der Waals surface area contributed by atoms with Crippen molar-refractivity contribution in [2.24, 2.45) is 0 Å². The summed E-state index contributed by atoms with van der Waals surface area (Å²) < 4.78 is 24.4. The van der Waals surface area contributed by atoms with Crippen LogP contribution in [0, 0.1) is 11.3 Å². The van der Waals surface area contributed by atoms with Crippen molar-refractivity contribution in [3.8, 4) is 34.6 Å². The Kier molecular flexibility index (Phi) is 7.91. The van der Waals surface area contributed by atoms with Crippen LogP contribution in [0.5, 0.6) is 17.4 Å². The molecule has 0 saturated carbocycles. The molecule has 0 amide bonds. The number of aromatic nitrogens is 4. The molecule has 0 aromatic carbocycles. The number of fused-ring (bicyclic) bond motifs is 3. The van der Waals surface area contributed by atoms with Crippen LogP contribution in [0.1, 0.15) is 17.5 Å². The fraction of sp³-hybridized carbons (Fsp3) is 0.438. The van der Waals surface area contributed by atoms with Crippen LogP contribution in [0.4, 0.5) is 5.82 Å². The van der Waals surface area contributed by atoms with E-state index in [4.69, 9.17) is 23.9 Å². The Morgan fingerprint density at radius 1 is 1.02 bits per heavy atom. The predicted octanol–water partition coefficient (Wildman–Crippen LogP) is 2.85. The number of rotatable bonds is 10. The summed E-state index contributed by atoms with van der Waals surface area (Å²) in [7, 11) is 3.31. The van der Waals surface area contributed by atoms with Gasteiger partial charge in [-0.05, 0) is 24.1 Å². The maximum atomic E-state index is 9.82. The number of piperazine rings is 1. The molecule has 0 aliphatic carbocycles. The molecule has 4 aliphatic rings. The molecule has 0 N–H and O–H groups in total. The highest BCUT2D eigenvalue weighted by molar-refractivity contribution is 5.86. The van der Waals surface area contributed by atoms with E-state index in [0.29, 0.717) is 47.1 Å². The van der Waals surface area contributed by atoms with E-state index in [0.717, 1.165) is 69.4 Å². The number of nitriles is 1. The lowest BCUT2D eigenvalue weighted by molar-refractivity contribution is -0.00890. The maximum Gasteiger partial charge on any atom is 0.212 e. The van der Waals surface area contributed by atoms with E-state index < -0.39 is 0 Å². The largest absolute Gasteiger partial charge is 0.493 e. The zero-order valence-electron chi connectivity index (χ0n) is 25.1. The fourth-order valence-electron chi connectivity index (χ4n) is 6.52. The quantitative estimate of drug-likeness (QED) is 0.269. The highest BCUT2D eigenvalue weighted by Gasteiger charge is 2.45. The molecule has 4 saturated heterocycles. The average Bonchev–Trinajstić information content (AvgIpc) is 3.50. The molecular weight excluding hydrogens is 560 g/mol. The number of morpholine rings is 1. The summed E-state index contributed by atoms with van der Waals surface area (Å²) in [5.74, 6) is 2.84. The molecule has 12 nitrogen and oxygen atoms in total. The van der Waals surface area contributed by atoms with Crippen molar-refractivity contribution in [1.29, 1.82) is 5.26 Å². The first-order valence-electron chi connectivity index (χ1n) is 15.0. The molecule has 2 atom stereocenters. The van der Waals surface area contributed by atoms with Crippen LogP contribution in [0.25, 0.3) is 16.6 Å². The third-order valence-electron chi connectivity index (χ3n) is 8.87. The standard InChI is InChI=1S/C32H36N8O4/c1-41-29-11-23(16-35-32(29)38-19-25-12-26(20-38)39(25)18-22-3-4-30(42-2)34-15-22)28-13-27(21-40-31(28)24(14-33)17-36-40)44-10-7-37-5-8-43-9-6-37/h3-4,11,13,15-17,21,25-26H,5-10,12,18-20H2,1-2H3. The van der Waals surface area contributed by atoms with Gasteiger partial charge in [0.1, 0.15) is 18.4 Å². The molecule has 8 heterocycles. The molecule has 8 rings (SSSR count). The number of nitrogens with zero attached hydrogens (tertiary/aromatic N) is 8. The zero-order chi connectivity index (χ0) is 30.0. The van der Waals surface area contributed by atoms with E-state index in [9.17, 15) is 5.26 Å². The second-order valence-corrected chi connectivity index (χ2v) is 11.4. The van der Waals surface area contributed by atoms with Crippen LogP contribution in [0.15, 0.2) is 49.1 Å². The van der Waals surface area contributed by atoms with E-state index in [-0.39, 0.29) is 0 Å². The summed E-state index contributed by atoms with van der Waals surface area (Å²) in [6.45, 7) is 7.31. The Morgan fingerprint density at radius 3 is 2.59 bits per heavy atom. The minimum Gasteiger partial charge on any atom is -0.493 e. The van der Waals surface area contributed by atoms with Gasteiger partial charge in [-0.2, -0.15) is 10.4 Å². The number of hydrogen-bond donors (Lipinski definition) is 0. The average molecular weight is 597 g/mol. The van der Waals surface area contributed by atoms with Crippen LogP contribution in [-0.2, 0) is 11.3 Å². The molecule has 4 aliphatic heterocycles. The van der Waals surface area contributed by atoms with Crippen molar-refractivity contribution >= 4 is 11.3 Å². The monoisotopic (exact) mass is 596 g/mol. The number of anilines is 1. The van der Waals surface area contributed by atoms with Crippen molar-refractivity contribution in [3.05, 3.63) is 60.2 Å². The number of pyridine rings is 3. The minimum absolute atomic E-state index is 0.443. The summed E-state index contributed by atoms with van der Waals surface area (Å²) >= 11 is 0. The Morgan fingerprint density at radius 2 is 1.86 bits per heavy atom. The minimum atomic E-state index is 0.443. The Balaban J connectivity index is 1.10. The van der Waals surface area contributed by atoms with Gasteiger partial charge in [0.05, 0.1) is 50.9 Å². The zero-order valence-corrected chi connectivity index (χ0v) is 25.1. The highest BCUT2D eigenvalue weighted by Crippen LogP contribution is 2.40. The van der Waals surface area contributed by atoms with Crippen LogP contribution in [-0.4, -0.2) is 108 Å². The summed E-state index contributed by atoms with van der Waals surface area (Å²) in [6.07, 6.45) is 8.34. The highest BCUT2D eigenvalue weighted by atomic mass is 16.5. The fourth-order valence-corrected chi connectivity index (χ4v) is 6.52. The van der Waals surface area contributed by atoms with E-state index in [1.807, 2.05) is 36.8 Å². The Labute approximate surface area is 256 Å². The SMILES string of the molecule is COc1ccc(CN2C3CC2CN(c2ncc(-c4cc(OCCN5CCOCC5)cn5ncc(C#N)c45)cc2OC)C3)cn1. The smallest absolute Gasteiger partial charge is 0.212 e. The third-order valence-corrected chi connectivity index (χ3v) is 8.87. The normalized spacial score (nSPS) is 20.2. The van der Waals surface area contributed by atoms with Gasteiger partial charge in [-0.15, -0.1) is 0 Å². The van der Waals surface area contributed by atoms with Crippen molar-refractivity contribution in [2.45, 2.75) is 25.0 Å². The molecular formula is C32H36N8O4. The van der Waals surface area contributed by atoms with Gasteiger partial charge in [0.25, 0.3) is 0 Å². The summed E-state index contributed by atoms with van der Waals surface area (Å²) in [5, 5.41) is 14.3. The van der Waals surface area contributed by atoms with Gasteiger partial charge in [-0.1, -0.05) is 6.07 Å². The first-order valence-corrected chi connectivity index (χ1v) is 15.0. The summed E-state index contributed by atoms with van der Waals surface area (Å²) in [6, 6.07) is 11.1. The van der Waals surface area contributed by atoms with Gasteiger partial charge in [0, 0.05) is 80.9 Å². The van der Waals surface area contributed by atoms with E-state index >= 15 is 0 Å². The van der Waals surface area contributed by atoms with Crippen LogP contribution >= 0.6 is 0 Å². The number of piperidine rings is 1. The van der Waals surface area contributed by atoms with Gasteiger partial charge in [-0.25, -0.2) is 14.5 Å². The van der Waals surface area contributed by atoms with Crippen LogP contribution < -0.4 is 19.1 Å². The molecule has 0 radical (unpaired) electrons. The van der Waals surface area contributed by atoms with Crippen LogP contribution in [0.3, 0.4) is 0 Å². The van der Waals surface area contributed by atoms with Gasteiger partial charge in [0.2, 0.25) is 5.88 Å². The molecule has 12 heteroatoms. The van der Waals surface area contributed by atoms with Crippen molar-refractivity contribution in [1.82, 2.24) is 29.4 Å². The van der Waals surface area contributed by atoms with Crippen molar-refractivity contribution in [3.63, 3.8) is 0 Å². The van der Waals surface area contributed by atoms with Gasteiger partial charge in [-0.3, -0.25) is 9.80 Å². The van der Waals surface area contributed by atoms with E-state index in [1.54, 1.807) is 24.9 Å². The number of hydrogen-bond acceptors (Lipinski definition) is 11. The van der Waals surface area contributed by atoms with Crippen molar-refractivity contribution < 1.29 is 18.9 Å². The first kappa shape index (κ1) is 28.3. The summed E-state index contributed by atoms with van der Waals surface area (Å²) in [5.41, 5.74) is 4.05. The van der Waals surface area contributed by atoms with Gasteiger partial charge in [0.15, 0.2) is 11.6 Å². The lowest BCUT2D eigenvalue weighted by Crippen LogP contribution is -2.68. The van der Waals surface area contributed by atoms with Gasteiger partial charge >= 0.3 is 0 Å². The number of methoxy groups -OCH3 is 2. The molecule has 4 fully saturated rings. The first-order chi connectivity index (χ1) is 21.6. The summed E-state index contributed by atoms with van der Waals surface area (Å²) in [4.78, 5) is 16.5.